The molecule has 1 aliphatic heterocycles. The highest BCUT2D eigenvalue weighted by atomic mass is 32.2. The number of hydrogen-bond donors (Lipinski definition) is 1. The molecule has 23 heavy (non-hydrogen) atoms. The number of benzene rings is 1. The van der Waals surface area contributed by atoms with Gasteiger partial charge in [0.2, 0.25) is 0 Å². The molecule has 2 aromatic rings. The van der Waals surface area contributed by atoms with Crippen LogP contribution in [0, 0.1) is 5.82 Å². The van der Waals surface area contributed by atoms with Gasteiger partial charge in [0, 0.05) is 41.6 Å². The van der Waals surface area contributed by atoms with Gasteiger partial charge in [0.25, 0.3) is 0 Å². The first kappa shape index (κ1) is 16.7. The van der Waals surface area contributed by atoms with Crippen molar-refractivity contribution < 1.29 is 4.39 Å². The van der Waals surface area contributed by atoms with Crippen molar-refractivity contribution in [3.8, 4) is 0 Å². The molecule has 0 saturated carbocycles. The Morgan fingerprint density at radius 1 is 1.35 bits per heavy atom. The summed E-state index contributed by atoms with van der Waals surface area (Å²) < 4.78 is 13.6. The molecule has 1 unspecified atom stereocenters. The lowest BCUT2D eigenvalue weighted by atomic mass is 10.0. The van der Waals surface area contributed by atoms with Gasteiger partial charge in [-0.2, -0.15) is 0 Å². The van der Waals surface area contributed by atoms with E-state index in [1.54, 1.807) is 23.5 Å². The first-order valence-corrected chi connectivity index (χ1v) is 9.86. The van der Waals surface area contributed by atoms with Crippen LogP contribution in [0.15, 0.2) is 29.3 Å². The predicted octanol–water partition coefficient (Wildman–Crippen LogP) is 4.46. The molecule has 1 aliphatic rings. The summed E-state index contributed by atoms with van der Waals surface area (Å²) in [6.45, 7) is 7.03. The van der Waals surface area contributed by atoms with Crippen molar-refractivity contribution in [2.45, 2.75) is 37.8 Å². The van der Waals surface area contributed by atoms with Gasteiger partial charge < -0.3 is 10.2 Å². The minimum atomic E-state index is -0.153. The maximum Gasteiger partial charge on any atom is 0.185 e. The molecule has 1 aromatic heterocycles. The first-order chi connectivity index (χ1) is 11.2. The van der Waals surface area contributed by atoms with Gasteiger partial charge in [0.05, 0.1) is 0 Å². The third-order valence-electron chi connectivity index (χ3n) is 4.11. The Balaban J connectivity index is 1.67. The Hall–Kier alpha value is -1.11. The van der Waals surface area contributed by atoms with Crippen LogP contribution in [0.5, 0.6) is 0 Å². The van der Waals surface area contributed by atoms with Crippen LogP contribution in [-0.4, -0.2) is 23.8 Å². The minimum absolute atomic E-state index is 0.153. The van der Waals surface area contributed by atoms with Crippen LogP contribution in [-0.2, 0) is 6.54 Å². The Labute approximate surface area is 145 Å². The van der Waals surface area contributed by atoms with E-state index in [-0.39, 0.29) is 11.9 Å². The highest BCUT2D eigenvalue weighted by Gasteiger charge is 2.21. The summed E-state index contributed by atoms with van der Waals surface area (Å²) in [7, 11) is 0. The normalized spacial score (nSPS) is 17.1. The summed E-state index contributed by atoms with van der Waals surface area (Å²) in [4.78, 5) is 9.20. The zero-order valence-electron chi connectivity index (χ0n) is 13.5. The van der Waals surface area contributed by atoms with E-state index in [0.717, 1.165) is 42.5 Å². The molecule has 0 fully saturated rings. The second-order valence-corrected chi connectivity index (χ2v) is 7.76. The summed E-state index contributed by atoms with van der Waals surface area (Å²) in [5, 5.41) is 4.66. The first-order valence-electron chi connectivity index (χ1n) is 8.06. The second kappa shape index (κ2) is 7.64. The van der Waals surface area contributed by atoms with Gasteiger partial charge in [-0.1, -0.05) is 0 Å². The van der Waals surface area contributed by atoms with Gasteiger partial charge >= 0.3 is 0 Å². The van der Waals surface area contributed by atoms with Crippen LogP contribution in [0.3, 0.4) is 0 Å². The molecule has 6 heteroatoms. The average molecular weight is 352 g/mol. The van der Waals surface area contributed by atoms with E-state index in [4.69, 9.17) is 0 Å². The van der Waals surface area contributed by atoms with E-state index in [1.807, 2.05) is 24.0 Å². The Morgan fingerprint density at radius 3 is 2.96 bits per heavy atom. The van der Waals surface area contributed by atoms with E-state index in [1.165, 1.54) is 9.77 Å². The number of thiazole rings is 1. The van der Waals surface area contributed by atoms with E-state index in [2.05, 4.69) is 29.0 Å². The average Bonchev–Trinajstić information content (AvgIpc) is 3.03. The molecule has 0 amide bonds. The largest absolute Gasteiger partial charge is 0.349 e. The summed E-state index contributed by atoms with van der Waals surface area (Å²) in [6.07, 6.45) is 2.98. The van der Waals surface area contributed by atoms with Gasteiger partial charge in [0.1, 0.15) is 5.82 Å². The molecular formula is C17H22FN3S2. The molecule has 0 aliphatic carbocycles. The number of nitrogens with zero attached hydrogens (tertiary/aromatic N) is 2. The Morgan fingerprint density at radius 2 is 2.17 bits per heavy atom. The van der Waals surface area contributed by atoms with Crippen LogP contribution >= 0.6 is 23.1 Å². The molecule has 1 N–H and O–H groups in total. The number of nitrogens with one attached hydrogen (secondary N) is 1. The maximum absolute atomic E-state index is 13.6. The fourth-order valence-corrected chi connectivity index (χ4v) is 4.91. The Bertz CT molecular complexity index is 655. The zero-order chi connectivity index (χ0) is 16.2. The molecule has 1 aromatic carbocycles. The quantitative estimate of drug-likeness (QED) is 0.832. The molecule has 3 rings (SSSR count). The van der Waals surface area contributed by atoms with Crippen LogP contribution in [0.4, 0.5) is 9.52 Å². The number of halogens is 1. The fraction of sp³-hybridized carbons (Fsp3) is 0.471. The number of aromatic nitrogens is 1. The highest BCUT2D eigenvalue weighted by Crippen LogP contribution is 2.36. The summed E-state index contributed by atoms with van der Waals surface area (Å²) in [5.41, 5.74) is 1.09. The SMILES string of the molecule is CCN(CC)c1ncc(CNC2CCSc3ccc(F)cc32)s1. The third-order valence-corrected chi connectivity index (χ3v) is 6.29. The van der Waals surface area contributed by atoms with Crippen molar-refractivity contribution in [3.63, 3.8) is 0 Å². The zero-order valence-corrected chi connectivity index (χ0v) is 15.1. The van der Waals surface area contributed by atoms with Crippen molar-refractivity contribution >= 4 is 28.2 Å². The molecule has 124 valence electrons. The third kappa shape index (κ3) is 3.87. The number of thioether (sulfide) groups is 1. The summed E-state index contributed by atoms with van der Waals surface area (Å²) >= 11 is 3.55. The lowest BCUT2D eigenvalue weighted by molar-refractivity contribution is 0.507. The van der Waals surface area contributed by atoms with Crippen LogP contribution in [0.2, 0.25) is 0 Å². The lowest BCUT2D eigenvalue weighted by Crippen LogP contribution is -2.24. The second-order valence-electron chi connectivity index (χ2n) is 5.53. The predicted molar refractivity (Wildman–Crippen MR) is 97.0 cm³/mol. The van der Waals surface area contributed by atoms with Gasteiger partial charge in [-0.15, -0.1) is 23.1 Å². The molecule has 0 radical (unpaired) electrons. The maximum atomic E-state index is 13.6. The van der Waals surface area contributed by atoms with Crippen molar-refractivity contribution in [2.75, 3.05) is 23.7 Å². The van der Waals surface area contributed by atoms with E-state index < -0.39 is 0 Å². The fourth-order valence-electron chi connectivity index (χ4n) is 2.82. The van der Waals surface area contributed by atoms with Crippen LogP contribution < -0.4 is 10.2 Å². The minimum Gasteiger partial charge on any atom is -0.349 e. The van der Waals surface area contributed by atoms with Crippen molar-refractivity contribution in [3.05, 3.63) is 40.7 Å². The van der Waals surface area contributed by atoms with Gasteiger partial charge in [-0.05, 0) is 49.8 Å². The highest BCUT2D eigenvalue weighted by molar-refractivity contribution is 7.99. The van der Waals surface area contributed by atoms with Crippen LogP contribution in [0.25, 0.3) is 0 Å². The molecule has 0 saturated heterocycles. The van der Waals surface area contributed by atoms with Crippen LogP contribution in [0.1, 0.15) is 36.8 Å². The van der Waals surface area contributed by atoms with Gasteiger partial charge in [0.15, 0.2) is 5.13 Å². The smallest absolute Gasteiger partial charge is 0.185 e. The summed E-state index contributed by atoms with van der Waals surface area (Å²) in [6, 6.07) is 5.34. The van der Waals surface area contributed by atoms with Crippen molar-refractivity contribution in [1.29, 1.82) is 0 Å². The monoisotopic (exact) mass is 351 g/mol. The van der Waals surface area contributed by atoms with Crippen molar-refractivity contribution in [1.82, 2.24) is 10.3 Å². The summed E-state index contributed by atoms with van der Waals surface area (Å²) in [5.74, 6) is 0.920. The van der Waals surface area contributed by atoms with Crippen molar-refractivity contribution in [2.24, 2.45) is 0 Å². The molecule has 2 heterocycles. The topological polar surface area (TPSA) is 28.2 Å². The molecule has 0 bridgehead atoms. The standard InChI is InChI=1S/C17H22FN3S2/c1-3-21(4-2)17-20-11-13(23-17)10-19-15-7-8-22-16-6-5-12(18)9-14(15)16/h5-6,9,11,15,19H,3-4,7-8,10H2,1-2H3. The number of hydrogen-bond acceptors (Lipinski definition) is 5. The van der Waals surface area contributed by atoms with E-state index in [9.17, 15) is 4.39 Å². The molecule has 1 atom stereocenters. The van der Waals surface area contributed by atoms with Gasteiger partial charge in [-0.25, -0.2) is 9.37 Å². The molecular weight excluding hydrogens is 329 g/mol. The lowest BCUT2D eigenvalue weighted by Gasteiger charge is -2.25. The Kier molecular flexibility index (Phi) is 5.56. The number of rotatable bonds is 6. The number of anilines is 1. The number of fused-ring (bicyclic) bond motifs is 1. The van der Waals surface area contributed by atoms with E-state index >= 15 is 0 Å². The van der Waals surface area contributed by atoms with Gasteiger partial charge in [-0.3, -0.25) is 0 Å². The van der Waals surface area contributed by atoms with E-state index in [0.29, 0.717) is 0 Å². The molecule has 3 nitrogen and oxygen atoms in total. The molecule has 0 spiro atoms.